The van der Waals surface area contributed by atoms with Crippen LogP contribution in [0.15, 0.2) is 77.7 Å². The van der Waals surface area contributed by atoms with Crippen LogP contribution in [0.25, 0.3) is 0 Å². The number of anilines is 1. The molecule has 0 aliphatic carbocycles. The molecule has 0 saturated carbocycles. The van der Waals surface area contributed by atoms with Gasteiger partial charge in [-0.05, 0) is 55.3 Å². The highest BCUT2D eigenvalue weighted by molar-refractivity contribution is 7.89. The van der Waals surface area contributed by atoms with Crippen LogP contribution in [0.3, 0.4) is 0 Å². The summed E-state index contributed by atoms with van der Waals surface area (Å²) in [6, 6.07) is 19.0. The first-order valence-electron chi connectivity index (χ1n) is 10.3. The molecule has 0 atom stereocenters. The molecule has 3 aromatic carbocycles. The van der Waals surface area contributed by atoms with E-state index in [1.165, 1.54) is 28.6 Å². The Kier molecular flexibility index (Phi) is 6.78. The van der Waals surface area contributed by atoms with Crippen molar-refractivity contribution < 1.29 is 22.7 Å². The van der Waals surface area contributed by atoms with E-state index in [-0.39, 0.29) is 27.1 Å². The Morgan fingerprint density at radius 3 is 2.36 bits per heavy atom. The molecule has 1 aliphatic rings. The van der Waals surface area contributed by atoms with Gasteiger partial charge in [-0.15, -0.1) is 0 Å². The third-order valence-corrected chi connectivity index (χ3v) is 7.42. The summed E-state index contributed by atoms with van der Waals surface area (Å²) in [4.78, 5) is 25.1. The Balaban J connectivity index is 1.51. The maximum Gasteiger partial charge on any atom is 0.345 e. The van der Waals surface area contributed by atoms with Gasteiger partial charge in [0.1, 0.15) is 5.75 Å². The molecule has 1 amide bonds. The number of halogens is 1. The maximum absolute atomic E-state index is 12.8. The lowest BCUT2D eigenvalue weighted by Gasteiger charge is -2.16. The van der Waals surface area contributed by atoms with E-state index in [9.17, 15) is 18.0 Å². The van der Waals surface area contributed by atoms with E-state index in [0.717, 1.165) is 12.8 Å². The fourth-order valence-corrected chi connectivity index (χ4v) is 5.23. The summed E-state index contributed by atoms with van der Waals surface area (Å²) >= 11 is 6.17. The van der Waals surface area contributed by atoms with Crippen LogP contribution in [0, 0.1) is 0 Å². The number of hydrogen-bond acceptors (Lipinski definition) is 5. The van der Waals surface area contributed by atoms with Gasteiger partial charge >= 0.3 is 5.97 Å². The van der Waals surface area contributed by atoms with E-state index in [1.54, 1.807) is 42.5 Å². The Labute approximate surface area is 197 Å². The van der Waals surface area contributed by atoms with Gasteiger partial charge in [-0.1, -0.05) is 35.9 Å². The summed E-state index contributed by atoms with van der Waals surface area (Å²) in [7, 11) is -3.71. The molecule has 0 spiro atoms. The van der Waals surface area contributed by atoms with Gasteiger partial charge in [-0.2, -0.15) is 4.31 Å². The molecular weight excluding hydrogens is 464 g/mol. The lowest BCUT2D eigenvalue weighted by Crippen LogP contribution is -2.28. The minimum atomic E-state index is -3.71. The Morgan fingerprint density at radius 1 is 0.909 bits per heavy atom. The molecule has 1 N–H and O–H groups in total. The molecular formula is C24H21ClN2O5S. The highest BCUT2D eigenvalue weighted by Gasteiger charge is 2.28. The number of hydrogen-bond donors (Lipinski definition) is 1. The summed E-state index contributed by atoms with van der Waals surface area (Å²) in [5, 5.41) is 2.82. The van der Waals surface area contributed by atoms with Gasteiger partial charge in [0.05, 0.1) is 15.5 Å². The summed E-state index contributed by atoms with van der Waals surface area (Å²) in [5.74, 6) is -0.929. The first-order chi connectivity index (χ1) is 15.8. The van der Waals surface area contributed by atoms with Gasteiger partial charge in [-0.3, -0.25) is 4.79 Å². The molecule has 0 radical (unpaired) electrons. The molecule has 33 heavy (non-hydrogen) atoms. The van der Waals surface area contributed by atoms with Gasteiger partial charge < -0.3 is 10.1 Å². The summed E-state index contributed by atoms with van der Waals surface area (Å²) in [6.45, 7) is 0.901. The van der Waals surface area contributed by atoms with Crippen molar-refractivity contribution in [2.75, 3.05) is 18.4 Å². The number of rotatable bonds is 6. The number of carbonyl (C=O) groups is 2. The number of carbonyl (C=O) groups excluding carboxylic acids is 2. The number of nitrogens with one attached hydrogen (secondary N) is 1. The summed E-state index contributed by atoms with van der Waals surface area (Å²) in [5.41, 5.74) is 0.865. The number of amides is 1. The third kappa shape index (κ3) is 5.24. The molecule has 1 heterocycles. The van der Waals surface area contributed by atoms with Crippen molar-refractivity contribution in [2.45, 2.75) is 17.7 Å². The van der Waals surface area contributed by atoms with Crippen molar-refractivity contribution in [3.8, 4) is 5.75 Å². The zero-order chi connectivity index (χ0) is 23.4. The average molecular weight is 485 g/mol. The van der Waals surface area contributed by atoms with Gasteiger partial charge in [-0.25, -0.2) is 13.2 Å². The number of benzene rings is 3. The SMILES string of the molecule is O=C(Nc1cccc(OC(=O)c2cc(S(=O)(=O)N3CCCC3)ccc2Cl)c1)c1ccccc1. The van der Waals surface area contributed by atoms with E-state index in [4.69, 9.17) is 16.3 Å². The van der Waals surface area contributed by atoms with Crippen molar-refractivity contribution in [2.24, 2.45) is 0 Å². The second-order valence-electron chi connectivity index (χ2n) is 7.49. The summed E-state index contributed by atoms with van der Waals surface area (Å²) < 4.78 is 32.5. The van der Waals surface area contributed by atoms with Crippen LogP contribution < -0.4 is 10.1 Å². The molecule has 0 bridgehead atoms. The molecule has 1 saturated heterocycles. The largest absolute Gasteiger partial charge is 0.423 e. The van der Waals surface area contributed by atoms with Gasteiger partial charge in [0.2, 0.25) is 10.0 Å². The third-order valence-electron chi connectivity index (χ3n) is 5.20. The number of esters is 1. The predicted octanol–water partition coefficient (Wildman–Crippen LogP) is 4.60. The van der Waals surface area contributed by atoms with Gasteiger partial charge in [0.25, 0.3) is 5.91 Å². The van der Waals surface area contributed by atoms with Crippen LogP contribution in [-0.4, -0.2) is 37.7 Å². The molecule has 7 nitrogen and oxygen atoms in total. The molecule has 170 valence electrons. The van der Waals surface area contributed by atoms with Crippen LogP contribution in [0.2, 0.25) is 5.02 Å². The van der Waals surface area contributed by atoms with Crippen LogP contribution in [0.4, 0.5) is 5.69 Å². The number of ether oxygens (including phenoxy) is 1. The Morgan fingerprint density at radius 2 is 1.64 bits per heavy atom. The minimum absolute atomic E-state index is 0.00961. The Bertz CT molecular complexity index is 1290. The van der Waals surface area contributed by atoms with E-state index in [1.807, 2.05) is 6.07 Å². The van der Waals surface area contributed by atoms with E-state index in [0.29, 0.717) is 24.3 Å². The quantitative estimate of drug-likeness (QED) is 0.408. The van der Waals surface area contributed by atoms with Crippen LogP contribution in [0.5, 0.6) is 5.75 Å². The molecule has 1 fully saturated rings. The van der Waals surface area contributed by atoms with Crippen LogP contribution in [0.1, 0.15) is 33.6 Å². The fourth-order valence-electron chi connectivity index (χ4n) is 3.49. The minimum Gasteiger partial charge on any atom is -0.423 e. The fraction of sp³-hybridized carbons (Fsp3) is 0.167. The molecule has 1 aliphatic heterocycles. The lowest BCUT2D eigenvalue weighted by atomic mass is 10.2. The van der Waals surface area contributed by atoms with Gasteiger partial charge in [0.15, 0.2) is 0 Å². The Hall–Kier alpha value is -3.20. The highest BCUT2D eigenvalue weighted by Crippen LogP contribution is 2.27. The smallest absolute Gasteiger partial charge is 0.345 e. The van der Waals surface area contributed by atoms with Crippen molar-refractivity contribution in [3.63, 3.8) is 0 Å². The molecule has 0 unspecified atom stereocenters. The standard InChI is InChI=1S/C24H21ClN2O5S/c25-22-12-11-20(33(30,31)27-13-4-5-14-27)16-21(22)24(29)32-19-10-6-9-18(15-19)26-23(28)17-7-2-1-3-8-17/h1-3,6-12,15-16H,4-5,13-14H2,(H,26,28). The topological polar surface area (TPSA) is 92.8 Å². The highest BCUT2D eigenvalue weighted by atomic mass is 35.5. The maximum atomic E-state index is 12.8. The monoisotopic (exact) mass is 484 g/mol. The van der Waals surface area contributed by atoms with Crippen molar-refractivity contribution >= 4 is 39.2 Å². The van der Waals surface area contributed by atoms with Crippen LogP contribution >= 0.6 is 11.6 Å². The zero-order valence-corrected chi connectivity index (χ0v) is 19.1. The first-order valence-corrected chi connectivity index (χ1v) is 12.1. The predicted molar refractivity (Wildman–Crippen MR) is 125 cm³/mol. The molecule has 4 rings (SSSR count). The normalized spacial score (nSPS) is 14.1. The summed E-state index contributed by atoms with van der Waals surface area (Å²) in [6.07, 6.45) is 1.61. The second kappa shape index (κ2) is 9.74. The first kappa shape index (κ1) is 23.0. The van der Waals surface area contributed by atoms with Crippen molar-refractivity contribution in [1.29, 1.82) is 0 Å². The number of nitrogens with zero attached hydrogens (tertiary/aromatic N) is 1. The van der Waals surface area contributed by atoms with E-state index >= 15 is 0 Å². The zero-order valence-electron chi connectivity index (χ0n) is 17.5. The number of sulfonamides is 1. The molecule has 3 aromatic rings. The van der Waals surface area contributed by atoms with Crippen LogP contribution in [-0.2, 0) is 10.0 Å². The van der Waals surface area contributed by atoms with E-state index in [2.05, 4.69) is 5.32 Å². The molecule has 9 heteroatoms. The van der Waals surface area contributed by atoms with Gasteiger partial charge in [0, 0.05) is 30.4 Å². The second-order valence-corrected chi connectivity index (χ2v) is 9.84. The van der Waals surface area contributed by atoms with Crippen molar-refractivity contribution in [3.05, 3.63) is 88.9 Å². The molecule has 0 aromatic heterocycles. The van der Waals surface area contributed by atoms with Crippen molar-refractivity contribution in [1.82, 2.24) is 4.31 Å². The average Bonchev–Trinajstić information content (AvgIpc) is 3.36. The van der Waals surface area contributed by atoms with E-state index < -0.39 is 16.0 Å². The lowest BCUT2D eigenvalue weighted by molar-refractivity contribution is 0.0734.